The fraction of sp³-hybridized carbons (Fsp3) is 0.500. The van der Waals surface area contributed by atoms with Crippen molar-refractivity contribution in [2.24, 2.45) is 18.7 Å². The third kappa shape index (κ3) is 3.79. The minimum atomic E-state index is -3.73. The van der Waals surface area contributed by atoms with Gasteiger partial charge in [0.2, 0.25) is 15.9 Å². The second kappa shape index (κ2) is 8.16. The first-order chi connectivity index (χ1) is 14.3. The van der Waals surface area contributed by atoms with Crippen molar-refractivity contribution in [3.8, 4) is 0 Å². The Morgan fingerprint density at radius 1 is 1.17 bits per heavy atom. The number of hydrogen-bond acceptors (Lipinski definition) is 5. The molecule has 2 amide bonds. The second-order valence-corrected chi connectivity index (χ2v) is 10.8. The highest BCUT2D eigenvalue weighted by molar-refractivity contribution is 7.89. The van der Waals surface area contributed by atoms with Gasteiger partial charge in [-0.05, 0) is 43.2 Å². The van der Waals surface area contributed by atoms with Crippen molar-refractivity contribution in [2.75, 3.05) is 19.6 Å². The maximum Gasteiger partial charge on any atom is 0.265 e. The molecule has 10 heteroatoms. The lowest BCUT2D eigenvalue weighted by Crippen LogP contribution is -2.44. The Morgan fingerprint density at radius 2 is 1.90 bits per heavy atom. The Kier molecular flexibility index (Phi) is 5.73. The highest BCUT2D eigenvalue weighted by Crippen LogP contribution is 2.37. The molecule has 2 N–H and O–H groups in total. The topological polar surface area (TPSA) is 106 Å². The third-order valence-corrected chi connectivity index (χ3v) is 8.92. The summed E-state index contributed by atoms with van der Waals surface area (Å²) in [5.41, 5.74) is 5.44. The summed E-state index contributed by atoms with van der Waals surface area (Å²) in [6.45, 7) is 1.34. The molecule has 0 bridgehead atoms. The predicted octanol–water partition coefficient (Wildman–Crippen LogP) is 1.95. The van der Waals surface area contributed by atoms with Crippen molar-refractivity contribution < 1.29 is 18.0 Å². The van der Waals surface area contributed by atoms with Gasteiger partial charge >= 0.3 is 0 Å². The number of nitrogens with two attached hydrogens (primary N) is 1. The van der Waals surface area contributed by atoms with E-state index in [1.807, 2.05) is 16.3 Å². The van der Waals surface area contributed by atoms with Gasteiger partial charge < -0.3 is 15.2 Å². The number of hydrogen-bond donors (Lipinski definition) is 1. The zero-order chi connectivity index (χ0) is 21.5. The van der Waals surface area contributed by atoms with Crippen LogP contribution < -0.4 is 5.73 Å². The molecule has 0 saturated carbocycles. The van der Waals surface area contributed by atoms with Gasteiger partial charge in [-0.2, -0.15) is 4.31 Å². The number of sulfonamides is 1. The number of aryl methyl sites for hydroxylation is 1. The van der Waals surface area contributed by atoms with Crippen LogP contribution in [-0.2, 0) is 21.9 Å². The van der Waals surface area contributed by atoms with Gasteiger partial charge in [0.05, 0.1) is 6.04 Å². The summed E-state index contributed by atoms with van der Waals surface area (Å²) in [6.07, 6.45) is 4.39. The molecule has 0 aromatic carbocycles. The van der Waals surface area contributed by atoms with Gasteiger partial charge in [-0.25, -0.2) is 8.42 Å². The maximum absolute atomic E-state index is 13.2. The average molecular weight is 451 g/mol. The predicted molar refractivity (Wildman–Crippen MR) is 113 cm³/mol. The lowest BCUT2D eigenvalue weighted by atomic mass is 9.96. The van der Waals surface area contributed by atoms with Crippen LogP contribution in [0.1, 0.15) is 47.1 Å². The Labute approximate surface area is 180 Å². The summed E-state index contributed by atoms with van der Waals surface area (Å²) in [6, 6.07) is 5.55. The Morgan fingerprint density at radius 3 is 2.50 bits per heavy atom. The van der Waals surface area contributed by atoms with Crippen LogP contribution in [0.2, 0.25) is 0 Å². The normalized spacial score (nSPS) is 21.2. The van der Waals surface area contributed by atoms with Crippen molar-refractivity contribution in [1.29, 1.82) is 0 Å². The first-order valence-electron chi connectivity index (χ1n) is 10.1. The van der Waals surface area contributed by atoms with Gasteiger partial charge in [0.25, 0.3) is 5.91 Å². The molecule has 2 saturated heterocycles. The van der Waals surface area contributed by atoms with E-state index < -0.39 is 15.9 Å². The smallest absolute Gasteiger partial charge is 0.265 e. The molecule has 1 unspecified atom stereocenters. The van der Waals surface area contributed by atoms with Crippen LogP contribution in [0.3, 0.4) is 0 Å². The molecule has 2 aliphatic heterocycles. The van der Waals surface area contributed by atoms with Gasteiger partial charge in [0.15, 0.2) is 0 Å². The number of amides is 2. The van der Waals surface area contributed by atoms with Crippen LogP contribution in [0.4, 0.5) is 0 Å². The summed E-state index contributed by atoms with van der Waals surface area (Å²) in [5.74, 6) is -0.693. The zero-order valence-corrected chi connectivity index (χ0v) is 18.5. The summed E-state index contributed by atoms with van der Waals surface area (Å²) in [4.78, 5) is 27.9. The summed E-state index contributed by atoms with van der Waals surface area (Å²) in [7, 11) is -2.14. The van der Waals surface area contributed by atoms with E-state index in [-0.39, 0.29) is 41.5 Å². The number of thiophene rings is 1. The molecule has 2 fully saturated rings. The van der Waals surface area contributed by atoms with E-state index in [4.69, 9.17) is 5.73 Å². The lowest BCUT2D eigenvalue weighted by Gasteiger charge is -2.34. The van der Waals surface area contributed by atoms with Crippen molar-refractivity contribution in [1.82, 2.24) is 13.8 Å². The van der Waals surface area contributed by atoms with E-state index in [2.05, 4.69) is 6.07 Å². The third-order valence-electron chi connectivity index (χ3n) is 6.08. The van der Waals surface area contributed by atoms with Crippen LogP contribution in [-0.4, -0.2) is 53.6 Å². The molecule has 0 radical (unpaired) electrons. The molecule has 30 heavy (non-hydrogen) atoms. The summed E-state index contributed by atoms with van der Waals surface area (Å²) >= 11 is 1.68. The molecule has 2 aliphatic rings. The first-order valence-corrected chi connectivity index (χ1v) is 12.4. The number of nitrogens with zero attached hydrogens (tertiary/aromatic N) is 3. The van der Waals surface area contributed by atoms with Crippen LogP contribution in [0.25, 0.3) is 0 Å². The quantitative estimate of drug-likeness (QED) is 0.751. The minimum Gasteiger partial charge on any atom is -0.364 e. The molecule has 162 valence electrons. The Hall–Kier alpha value is -2.17. The molecule has 2 aromatic rings. The molecular formula is C20H26N4O4S2. The first kappa shape index (κ1) is 21.1. The minimum absolute atomic E-state index is 0.0564. The van der Waals surface area contributed by atoms with Gasteiger partial charge in [0.1, 0.15) is 10.6 Å². The fourth-order valence-corrected chi connectivity index (χ4v) is 6.87. The molecule has 1 atom stereocenters. The molecule has 0 spiro atoms. The van der Waals surface area contributed by atoms with Crippen molar-refractivity contribution in [3.05, 3.63) is 40.3 Å². The van der Waals surface area contributed by atoms with Crippen LogP contribution >= 0.6 is 11.3 Å². The lowest BCUT2D eigenvalue weighted by molar-refractivity contribution is -0.137. The van der Waals surface area contributed by atoms with Gasteiger partial charge in [-0.15, -0.1) is 11.3 Å². The van der Waals surface area contributed by atoms with E-state index in [0.717, 1.165) is 19.4 Å². The number of aromatic nitrogens is 1. The molecule has 0 aliphatic carbocycles. The fourth-order valence-electron chi connectivity index (χ4n) is 4.45. The Bertz CT molecular complexity index is 1040. The molecule has 4 heterocycles. The summed E-state index contributed by atoms with van der Waals surface area (Å²) in [5, 5.41) is 2.03. The number of likely N-dealkylation sites (tertiary alicyclic amines) is 1. The number of piperidine rings is 1. The number of primary amides is 1. The van der Waals surface area contributed by atoms with E-state index >= 15 is 0 Å². The molecule has 2 aromatic heterocycles. The van der Waals surface area contributed by atoms with Gasteiger partial charge in [-0.1, -0.05) is 6.07 Å². The van der Waals surface area contributed by atoms with Crippen molar-refractivity contribution in [3.63, 3.8) is 0 Å². The second-order valence-electron chi connectivity index (χ2n) is 7.92. The molecular weight excluding hydrogens is 424 g/mol. The van der Waals surface area contributed by atoms with E-state index in [9.17, 15) is 18.0 Å². The summed E-state index contributed by atoms with van der Waals surface area (Å²) < 4.78 is 28.8. The van der Waals surface area contributed by atoms with Crippen molar-refractivity contribution in [2.45, 2.75) is 36.6 Å². The van der Waals surface area contributed by atoms with Gasteiger partial charge in [-0.3, -0.25) is 9.59 Å². The van der Waals surface area contributed by atoms with Crippen LogP contribution in [0.5, 0.6) is 0 Å². The average Bonchev–Trinajstić information content (AvgIpc) is 3.47. The standard InChI is InChI=1S/C20H26N4O4S2/c1-22-13-15(12-17(22)19(21)25)30(27,28)23-9-6-14(7-10-23)20(26)24-8-2-4-16(24)18-5-3-11-29-18/h3,5,11-14,16H,2,4,6-10H2,1H3,(H2,21,25). The van der Waals surface area contributed by atoms with E-state index in [1.54, 1.807) is 18.4 Å². The molecule has 4 rings (SSSR count). The van der Waals surface area contributed by atoms with E-state index in [1.165, 1.54) is 26.0 Å². The van der Waals surface area contributed by atoms with Crippen molar-refractivity contribution >= 4 is 33.2 Å². The van der Waals surface area contributed by atoms with Gasteiger partial charge in [0, 0.05) is 43.7 Å². The maximum atomic E-state index is 13.2. The SMILES string of the molecule is Cn1cc(S(=O)(=O)N2CCC(C(=O)N3CCCC3c3cccs3)CC2)cc1C(N)=O. The van der Waals surface area contributed by atoms with Crippen LogP contribution in [0.15, 0.2) is 34.7 Å². The molecule has 8 nitrogen and oxygen atoms in total. The Balaban J connectivity index is 1.43. The monoisotopic (exact) mass is 450 g/mol. The largest absolute Gasteiger partial charge is 0.364 e. The number of rotatable bonds is 5. The number of carbonyl (C=O) groups is 2. The highest BCUT2D eigenvalue weighted by atomic mass is 32.2. The number of carbonyl (C=O) groups excluding carboxylic acids is 2. The van der Waals surface area contributed by atoms with E-state index in [0.29, 0.717) is 12.8 Å². The highest BCUT2D eigenvalue weighted by Gasteiger charge is 2.38. The van der Waals surface area contributed by atoms with Crippen LogP contribution in [0, 0.1) is 5.92 Å². The zero-order valence-electron chi connectivity index (χ0n) is 16.9.